The van der Waals surface area contributed by atoms with Gasteiger partial charge in [-0.2, -0.15) is 0 Å². The van der Waals surface area contributed by atoms with E-state index >= 15 is 0 Å². The van der Waals surface area contributed by atoms with E-state index < -0.39 is 5.97 Å². The largest absolute Gasteiger partial charge is 0.496 e. The second-order valence-electron chi connectivity index (χ2n) is 6.25. The third-order valence-corrected chi connectivity index (χ3v) is 5.10. The first-order chi connectivity index (χ1) is 11.5. The van der Waals surface area contributed by atoms with Crippen molar-refractivity contribution in [1.82, 2.24) is 4.90 Å². The molecule has 5 nitrogen and oxygen atoms in total. The number of carbonyl (C=O) groups excluding carboxylic acids is 1. The van der Waals surface area contributed by atoms with Gasteiger partial charge < -0.3 is 14.7 Å². The molecule has 1 saturated heterocycles. The summed E-state index contributed by atoms with van der Waals surface area (Å²) in [4.78, 5) is 25.0. The number of methoxy groups -OCH3 is 1. The summed E-state index contributed by atoms with van der Waals surface area (Å²) >= 11 is 3.46. The Hall–Kier alpha value is -1.56. The van der Waals surface area contributed by atoms with E-state index in [9.17, 15) is 9.59 Å². The summed E-state index contributed by atoms with van der Waals surface area (Å²) in [7, 11) is 1.63. The molecule has 0 saturated carbocycles. The lowest BCUT2D eigenvalue weighted by molar-refractivity contribution is -0.137. The van der Waals surface area contributed by atoms with Crippen LogP contribution in [0.4, 0.5) is 0 Å². The molecular weight excluding hydrogens is 374 g/mol. The number of aryl methyl sites for hydroxylation is 1. The van der Waals surface area contributed by atoms with E-state index in [2.05, 4.69) is 15.9 Å². The van der Waals surface area contributed by atoms with Gasteiger partial charge in [0, 0.05) is 25.9 Å². The van der Waals surface area contributed by atoms with Crippen LogP contribution in [-0.4, -0.2) is 42.1 Å². The molecule has 0 radical (unpaired) electrons. The van der Waals surface area contributed by atoms with Gasteiger partial charge in [0.1, 0.15) is 5.75 Å². The van der Waals surface area contributed by atoms with E-state index in [4.69, 9.17) is 9.84 Å². The Bertz CT molecular complexity index is 590. The van der Waals surface area contributed by atoms with Gasteiger partial charge in [-0.15, -0.1) is 0 Å². The minimum absolute atomic E-state index is 0.155. The molecule has 1 aliphatic heterocycles. The van der Waals surface area contributed by atoms with Gasteiger partial charge in [-0.3, -0.25) is 9.59 Å². The Morgan fingerprint density at radius 2 is 2.17 bits per heavy atom. The molecule has 1 heterocycles. The van der Waals surface area contributed by atoms with Crippen molar-refractivity contribution < 1.29 is 19.4 Å². The molecule has 1 N–H and O–H groups in total. The van der Waals surface area contributed by atoms with E-state index in [0.29, 0.717) is 31.7 Å². The van der Waals surface area contributed by atoms with Gasteiger partial charge in [-0.05, 0) is 65.2 Å². The molecule has 6 heteroatoms. The minimum Gasteiger partial charge on any atom is -0.496 e. The molecule has 1 fully saturated rings. The smallest absolute Gasteiger partial charge is 0.303 e. The quantitative estimate of drug-likeness (QED) is 0.764. The molecule has 1 aliphatic rings. The fourth-order valence-corrected chi connectivity index (χ4v) is 3.72. The van der Waals surface area contributed by atoms with E-state index in [1.165, 1.54) is 0 Å². The zero-order chi connectivity index (χ0) is 17.5. The van der Waals surface area contributed by atoms with Crippen LogP contribution < -0.4 is 4.74 Å². The number of amides is 1. The van der Waals surface area contributed by atoms with Gasteiger partial charge in [0.2, 0.25) is 5.91 Å². The van der Waals surface area contributed by atoms with Crippen LogP contribution in [0.5, 0.6) is 5.75 Å². The second kappa shape index (κ2) is 9.06. The van der Waals surface area contributed by atoms with Crippen LogP contribution in [0.25, 0.3) is 0 Å². The number of carboxylic acids is 1. The summed E-state index contributed by atoms with van der Waals surface area (Å²) in [6, 6.07) is 5.85. The van der Waals surface area contributed by atoms with E-state index in [-0.39, 0.29) is 12.3 Å². The Morgan fingerprint density at radius 3 is 2.83 bits per heavy atom. The molecule has 1 aromatic carbocycles. The highest BCUT2D eigenvalue weighted by molar-refractivity contribution is 9.10. The van der Waals surface area contributed by atoms with Crippen LogP contribution in [0.15, 0.2) is 22.7 Å². The van der Waals surface area contributed by atoms with Crippen molar-refractivity contribution in [2.75, 3.05) is 20.2 Å². The van der Waals surface area contributed by atoms with Crippen LogP contribution in [-0.2, 0) is 16.0 Å². The molecule has 2 rings (SSSR count). The van der Waals surface area contributed by atoms with Gasteiger partial charge in [-0.25, -0.2) is 0 Å². The van der Waals surface area contributed by atoms with Crippen molar-refractivity contribution in [1.29, 1.82) is 0 Å². The Kier molecular flexibility index (Phi) is 7.09. The zero-order valence-corrected chi connectivity index (χ0v) is 15.5. The molecule has 0 aliphatic carbocycles. The molecule has 0 bridgehead atoms. The number of likely N-dealkylation sites (tertiary alicyclic amines) is 1. The number of carbonyl (C=O) groups is 2. The minimum atomic E-state index is -0.761. The fraction of sp³-hybridized carbons (Fsp3) is 0.556. The number of aliphatic carboxylic acids is 1. The number of carboxylic acid groups (broad SMARTS) is 1. The van der Waals surface area contributed by atoms with Gasteiger partial charge in [0.25, 0.3) is 0 Å². The lowest BCUT2D eigenvalue weighted by Crippen LogP contribution is -2.40. The molecule has 1 aromatic rings. The number of benzene rings is 1. The predicted octanol–water partition coefficient (Wildman–Crippen LogP) is 3.49. The Balaban J connectivity index is 1.83. The summed E-state index contributed by atoms with van der Waals surface area (Å²) in [6.45, 7) is 1.48. The van der Waals surface area contributed by atoms with E-state index in [1.54, 1.807) is 7.11 Å². The first-order valence-electron chi connectivity index (χ1n) is 8.31. The van der Waals surface area contributed by atoms with Crippen LogP contribution in [0.1, 0.15) is 37.7 Å². The lowest BCUT2D eigenvalue weighted by Gasteiger charge is -2.32. The molecule has 1 atom stereocenters. The first kappa shape index (κ1) is 18.8. The molecule has 0 unspecified atom stereocenters. The molecule has 0 spiro atoms. The highest BCUT2D eigenvalue weighted by atomic mass is 79.9. The number of hydrogen-bond acceptors (Lipinski definition) is 3. The number of nitrogens with zero attached hydrogens (tertiary/aromatic N) is 1. The molecule has 1 amide bonds. The van der Waals surface area contributed by atoms with Crippen LogP contribution in [0.3, 0.4) is 0 Å². The fourth-order valence-electron chi connectivity index (χ4n) is 3.13. The Labute approximate surface area is 151 Å². The lowest BCUT2D eigenvalue weighted by atomic mass is 9.93. The molecule has 132 valence electrons. The van der Waals surface area contributed by atoms with Gasteiger partial charge in [0.15, 0.2) is 0 Å². The number of halogens is 1. The van der Waals surface area contributed by atoms with E-state index in [1.807, 2.05) is 23.1 Å². The van der Waals surface area contributed by atoms with Crippen LogP contribution in [0, 0.1) is 5.92 Å². The Morgan fingerprint density at radius 1 is 1.38 bits per heavy atom. The van der Waals surface area contributed by atoms with Crippen molar-refractivity contribution in [2.24, 2.45) is 5.92 Å². The average molecular weight is 398 g/mol. The van der Waals surface area contributed by atoms with Gasteiger partial charge in [-0.1, -0.05) is 6.07 Å². The maximum Gasteiger partial charge on any atom is 0.303 e. The predicted molar refractivity (Wildman–Crippen MR) is 95.2 cm³/mol. The highest BCUT2D eigenvalue weighted by Gasteiger charge is 2.23. The van der Waals surface area contributed by atoms with E-state index in [0.717, 1.165) is 35.2 Å². The molecule has 24 heavy (non-hydrogen) atoms. The van der Waals surface area contributed by atoms with Gasteiger partial charge in [0.05, 0.1) is 11.6 Å². The first-order valence-corrected chi connectivity index (χ1v) is 9.11. The summed E-state index contributed by atoms with van der Waals surface area (Å²) in [5, 5.41) is 8.80. The van der Waals surface area contributed by atoms with Gasteiger partial charge >= 0.3 is 5.97 Å². The topological polar surface area (TPSA) is 66.8 Å². The summed E-state index contributed by atoms with van der Waals surface area (Å²) in [5.74, 6) is 0.488. The third-order valence-electron chi connectivity index (χ3n) is 4.48. The third kappa shape index (κ3) is 5.51. The summed E-state index contributed by atoms with van der Waals surface area (Å²) in [5.41, 5.74) is 1.09. The number of rotatable bonds is 7. The number of ether oxygens (including phenoxy) is 1. The number of hydrogen-bond donors (Lipinski definition) is 1. The monoisotopic (exact) mass is 397 g/mol. The van der Waals surface area contributed by atoms with Crippen molar-refractivity contribution in [3.63, 3.8) is 0 Å². The standard InChI is InChI=1S/C18H24BrNO4/c1-24-16-7-4-13(11-15(16)19)5-8-17(21)20-10-2-3-14(12-20)6-9-18(22)23/h4,7,11,14H,2-3,5-6,8-10,12H2,1H3,(H,22,23)/t14-/m0/s1. The van der Waals surface area contributed by atoms with Crippen molar-refractivity contribution >= 4 is 27.8 Å². The second-order valence-corrected chi connectivity index (χ2v) is 7.10. The average Bonchev–Trinajstić information content (AvgIpc) is 2.58. The van der Waals surface area contributed by atoms with Crippen molar-refractivity contribution in [2.45, 2.75) is 38.5 Å². The summed E-state index contributed by atoms with van der Waals surface area (Å²) in [6.07, 6.45) is 3.99. The summed E-state index contributed by atoms with van der Waals surface area (Å²) < 4.78 is 6.10. The van der Waals surface area contributed by atoms with Crippen molar-refractivity contribution in [3.8, 4) is 5.75 Å². The van der Waals surface area contributed by atoms with Crippen LogP contribution >= 0.6 is 15.9 Å². The zero-order valence-electron chi connectivity index (χ0n) is 14.0. The normalized spacial score (nSPS) is 17.6. The maximum atomic E-state index is 12.4. The SMILES string of the molecule is COc1ccc(CCC(=O)N2CCC[C@@H](CCC(=O)O)C2)cc1Br. The van der Waals surface area contributed by atoms with Crippen molar-refractivity contribution in [3.05, 3.63) is 28.2 Å². The molecule has 0 aromatic heterocycles. The molecular formula is C18H24BrNO4. The number of piperidine rings is 1. The maximum absolute atomic E-state index is 12.4. The highest BCUT2D eigenvalue weighted by Crippen LogP contribution is 2.26. The van der Waals surface area contributed by atoms with Crippen LogP contribution in [0.2, 0.25) is 0 Å².